The number of thiazole rings is 1. The summed E-state index contributed by atoms with van der Waals surface area (Å²) in [5, 5.41) is 12.6. The van der Waals surface area contributed by atoms with Crippen molar-refractivity contribution in [3.8, 4) is 0 Å². The molecule has 2 aromatic rings. The lowest BCUT2D eigenvalue weighted by Gasteiger charge is -2.16. The maximum Gasteiger partial charge on any atom is 0.416 e. The summed E-state index contributed by atoms with van der Waals surface area (Å²) in [6.45, 7) is 5.85. The Bertz CT molecular complexity index is 632. The van der Waals surface area contributed by atoms with Crippen molar-refractivity contribution in [2.24, 2.45) is 0 Å². The molecule has 7 heteroatoms. The molecule has 2 aromatic heterocycles. The highest BCUT2D eigenvalue weighted by Crippen LogP contribution is 2.37. The van der Waals surface area contributed by atoms with Crippen LogP contribution in [0.5, 0.6) is 0 Å². The van der Waals surface area contributed by atoms with Gasteiger partial charge in [-0.15, -0.1) is 11.3 Å². The zero-order valence-electron chi connectivity index (χ0n) is 11.8. The van der Waals surface area contributed by atoms with Crippen LogP contribution in [0.3, 0.4) is 0 Å². The van der Waals surface area contributed by atoms with E-state index in [1.54, 1.807) is 5.38 Å². The topological polar surface area (TPSA) is 46.0 Å². The van der Waals surface area contributed by atoms with Gasteiger partial charge in [0.05, 0.1) is 16.3 Å². The van der Waals surface area contributed by atoms with E-state index in [1.807, 2.05) is 20.8 Å². The molecule has 0 spiro atoms. The van der Waals surface area contributed by atoms with Crippen LogP contribution in [0.15, 0.2) is 23.8 Å². The second kappa shape index (κ2) is 5.38. The Morgan fingerprint density at radius 1 is 1.24 bits per heavy atom. The van der Waals surface area contributed by atoms with Crippen molar-refractivity contribution in [2.45, 2.75) is 38.5 Å². The predicted octanol–water partition coefficient (Wildman–Crippen LogP) is 3.94. The molecule has 0 aliphatic rings. The second-order valence-electron chi connectivity index (χ2n) is 5.69. The van der Waals surface area contributed by atoms with Crippen LogP contribution in [0.4, 0.5) is 13.2 Å². The van der Waals surface area contributed by atoms with Gasteiger partial charge in [-0.05, 0) is 6.07 Å². The lowest BCUT2D eigenvalue weighted by molar-refractivity contribution is -0.139. The van der Waals surface area contributed by atoms with Crippen molar-refractivity contribution >= 4 is 11.3 Å². The largest absolute Gasteiger partial charge is 0.416 e. The average molecular weight is 316 g/mol. The van der Waals surface area contributed by atoms with Crippen molar-refractivity contribution in [3.05, 3.63) is 45.7 Å². The molecule has 0 fully saturated rings. The predicted molar refractivity (Wildman–Crippen MR) is 74.1 cm³/mol. The first-order valence-corrected chi connectivity index (χ1v) is 7.13. The number of nitrogens with zero attached hydrogens (tertiary/aromatic N) is 2. The quantitative estimate of drug-likeness (QED) is 0.913. The third-order valence-corrected chi connectivity index (χ3v) is 4.18. The minimum absolute atomic E-state index is 0.212. The number of hydrogen-bond donors (Lipinski definition) is 1. The number of pyridine rings is 1. The highest BCUT2D eigenvalue weighted by atomic mass is 32.1. The number of rotatable bonds is 2. The molecule has 1 N–H and O–H groups in total. The van der Waals surface area contributed by atoms with Gasteiger partial charge in [-0.2, -0.15) is 13.2 Å². The van der Waals surface area contributed by atoms with Crippen molar-refractivity contribution in [1.29, 1.82) is 0 Å². The van der Waals surface area contributed by atoms with Gasteiger partial charge >= 0.3 is 6.18 Å². The molecule has 0 aliphatic heterocycles. The van der Waals surface area contributed by atoms with E-state index in [9.17, 15) is 18.3 Å². The molecule has 1 unspecified atom stereocenters. The number of halogens is 3. The summed E-state index contributed by atoms with van der Waals surface area (Å²) in [7, 11) is 0. The van der Waals surface area contributed by atoms with E-state index in [0.717, 1.165) is 23.5 Å². The Morgan fingerprint density at radius 3 is 2.43 bits per heavy atom. The van der Waals surface area contributed by atoms with Gasteiger partial charge in [0.25, 0.3) is 0 Å². The summed E-state index contributed by atoms with van der Waals surface area (Å²) in [6, 6.07) is 0.857. The van der Waals surface area contributed by atoms with Gasteiger partial charge in [0.15, 0.2) is 0 Å². The summed E-state index contributed by atoms with van der Waals surface area (Å²) >= 11 is 1.32. The third kappa shape index (κ3) is 3.41. The summed E-state index contributed by atoms with van der Waals surface area (Å²) in [5.74, 6) is 0. The molecule has 0 radical (unpaired) electrons. The van der Waals surface area contributed by atoms with E-state index in [2.05, 4.69) is 9.97 Å². The van der Waals surface area contributed by atoms with E-state index in [0.29, 0.717) is 0 Å². The molecule has 0 aromatic carbocycles. The second-order valence-corrected chi connectivity index (χ2v) is 6.55. The van der Waals surface area contributed by atoms with E-state index in [1.165, 1.54) is 11.3 Å². The van der Waals surface area contributed by atoms with Crippen molar-refractivity contribution < 1.29 is 18.3 Å². The van der Waals surface area contributed by atoms with E-state index in [-0.39, 0.29) is 16.7 Å². The molecule has 0 bridgehead atoms. The monoisotopic (exact) mass is 316 g/mol. The molecular formula is C14H15F3N2OS. The fourth-order valence-corrected chi connectivity index (χ4v) is 2.72. The van der Waals surface area contributed by atoms with Crippen LogP contribution in [0, 0.1) is 0 Å². The molecule has 2 heterocycles. The van der Waals surface area contributed by atoms with Crippen LogP contribution in [0.25, 0.3) is 0 Å². The Morgan fingerprint density at radius 2 is 1.90 bits per heavy atom. The highest BCUT2D eigenvalue weighted by molar-refractivity contribution is 7.09. The van der Waals surface area contributed by atoms with E-state index in [4.69, 9.17) is 0 Å². The zero-order chi connectivity index (χ0) is 15.8. The lowest BCUT2D eigenvalue weighted by atomic mass is 9.98. The fourth-order valence-electron chi connectivity index (χ4n) is 1.80. The minimum atomic E-state index is -4.54. The normalized spacial score (nSPS) is 14.2. The van der Waals surface area contributed by atoms with Crippen LogP contribution in [0.1, 0.15) is 48.7 Å². The number of aliphatic hydroxyl groups excluding tert-OH is 1. The first-order chi connectivity index (χ1) is 9.60. The molecule has 114 valence electrons. The molecule has 1 atom stereocenters. The van der Waals surface area contributed by atoms with Crippen LogP contribution in [0.2, 0.25) is 0 Å². The van der Waals surface area contributed by atoms with Gasteiger partial charge in [0.1, 0.15) is 6.10 Å². The fraction of sp³-hybridized carbons (Fsp3) is 0.429. The van der Waals surface area contributed by atoms with Crippen LogP contribution in [-0.2, 0) is 11.6 Å². The SMILES string of the molecule is CC(C)(C)c1nc(C(O)c2cnccc2C(F)(F)F)cs1. The van der Waals surface area contributed by atoms with Crippen molar-refractivity contribution in [1.82, 2.24) is 9.97 Å². The molecule has 0 aliphatic carbocycles. The molecule has 0 saturated carbocycles. The summed E-state index contributed by atoms with van der Waals surface area (Å²) in [5.41, 5.74) is -1.18. The molecule has 0 saturated heterocycles. The van der Waals surface area contributed by atoms with Crippen LogP contribution in [-0.4, -0.2) is 15.1 Å². The van der Waals surface area contributed by atoms with Gasteiger partial charge in [0.2, 0.25) is 0 Å². The Hall–Kier alpha value is -1.47. The first-order valence-electron chi connectivity index (χ1n) is 6.26. The standard InChI is InChI=1S/C14H15F3N2OS/c1-13(2,3)12-19-10(7-21-12)11(20)8-6-18-5-4-9(8)14(15,16)17/h4-7,11,20H,1-3H3. The number of hydrogen-bond acceptors (Lipinski definition) is 4. The van der Waals surface area contributed by atoms with Gasteiger partial charge in [0, 0.05) is 28.8 Å². The number of alkyl halides is 3. The average Bonchev–Trinajstić information content (AvgIpc) is 2.86. The van der Waals surface area contributed by atoms with Gasteiger partial charge in [-0.3, -0.25) is 4.98 Å². The summed E-state index contributed by atoms with van der Waals surface area (Å²) < 4.78 is 38.9. The molecule has 21 heavy (non-hydrogen) atoms. The Labute approximate surface area is 124 Å². The van der Waals surface area contributed by atoms with Gasteiger partial charge in [-0.25, -0.2) is 4.98 Å². The Kier molecular flexibility index (Phi) is 4.08. The van der Waals surface area contributed by atoms with Crippen LogP contribution >= 0.6 is 11.3 Å². The first kappa shape index (κ1) is 15.9. The molecule has 2 rings (SSSR count). The molecular weight excluding hydrogens is 301 g/mol. The van der Waals surface area contributed by atoms with Crippen molar-refractivity contribution in [2.75, 3.05) is 0 Å². The smallest absolute Gasteiger partial charge is 0.382 e. The van der Waals surface area contributed by atoms with E-state index >= 15 is 0 Å². The highest BCUT2D eigenvalue weighted by Gasteiger charge is 2.36. The maximum atomic E-state index is 13.0. The third-order valence-electron chi connectivity index (χ3n) is 2.90. The van der Waals surface area contributed by atoms with Gasteiger partial charge in [-0.1, -0.05) is 20.8 Å². The van der Waals surface area contributed by atoms with E-state index < -0.39 is 17.8 Å². The summed E-state index contributed by atoms with van der Waals surface area (Å²) in [6.07, 6.45) is -3.89. The number of aromatic nitrogens is 2. The number of aliphatic hydroxyl groups is 1. The maximum absolute atomic E-state index is 13.0. The lowest BCUT2D eigenvalue weighted by Crippen LogP contribution is -2.14. The zero-order valence-corrected chi connectivity index (χ0v) is 12.6. The van der Waals surface area contributed by atoms with Crippen LogP contribution < -0.4 is 0 Å². The molecule has 3 nitrogen and oxygen atoms in total. The van der Waals surface area contributed by atoms with Crippen molar-refractivity contribution in [3.63, 3.8) is 0 Å². The van der Waals surface area contributed by atoms with Gasteiger partial charge < -0.3 is 5.11 Å². The summed E-state index contributed by atoms with van der Waals surface area (Å²) in [4.78, 5) is 7.93. The minimum Gasteiger partial charge on any atom is -0.382 e. The molecule has 0 amide bonds. The Balaban J connectivity index is 2.42.